The summed E-state index contributed by atoms with van der Waals surface area (Å²) in [5.41, 5.74) is 1.11. The summed E-state index contributed by atoms with van der Waals surface area (Å²) in [7, 11) is 0. The second-order valence-electron chi connectivity index (χ2n) is 4.18. The fourth-order valence-electron chi connectivity index (χ4n) is 2.25. The third-order valence-corrected chi connectivity index (χ3v) is 3.77. The molecule has 3 atom stereocenters. The van der Waals surface area contributed by atoms with Gasteiger partial charge in [0.1, 0.15) is 0 Å². The Morgan fingerprint density at radius 1 is 1.54 bits per heavy atom. The molecule has 1 saturated carbocycles. The zero-order valence-corrected chi connectivity index (χ0v) is 8.76. The van der Waals surface area contributed by atoms with Gasteiger partial charge in [-0.05, 0) is 47.1 Å². The van der Waals surface area contributed by atoms with Gasteiger partial charge in [-0.25, -0.2) is 0 Å². The van der Waals surface area contributed by atoms with E-state index in [0.717, 1.165) is 11.5 Å². The van der Waals surface area contributed by atoms with Crippen molar-refractivity contribution in [2.24, 2.45) is 11.8 Å². The lowest BCUT2D eigenvalue weighted by Crippen LogP contribution is -2.08. The Hall–Kier alpha value is -0.340. The van der Waals surface area contributed by atoms with Crippen LogP contribution in [0.3, 0.4) is 0 Å². The van der Waals surface area contributed by atoms with Crippen LogP contribution in [0.15, 0.2) is 16.8 Å². The van der Waals surface area contributed by atoms with E-state index in [1.807, 2.05) is 11.4 Å². The Labute approximate surface area is 83.4 Å². The van der Waals surface area contributed by atoms with Gasteiger partial charge in [-0.15, -0.1) is 0 Å². The van der Waals surface area contributed by atoms with Crippen molar-refractivity contribution in [1.82, 2.24) is 0 Å². The number of hydrogen-bond acceptors (Lipinski definition) is 2. The molecular formula is C11H16OS. The predicted molar refractivity (Wildman–Crippen MR) is 55.8 cm³/mol. The van der Waals surface area contributed by atoms with Crippen molar-refractivity contribution in [2.45, 2.75) is 32.3 Å². The zero-order valence-electron chi connectivity index (χ0n) is 7.94. The van der Waals surface area contributed by atoms with Gasteiger partial charge < -0.3 is 5.11 Å². The highest BCUT2D eigenvalue weighted by molar-refractivity contribution is 7.07. The monoisotopic (exact) mass is 196 g/mol. The molecule has 2 rings (SSSR count). The minimum atomic E-state index is -0.212. The first kappa shape index (κ1) is 9.22. The number of aliphatic hydroxyl groups excluding tert-OH is 1. The Morgan fingerprint density at radius 3 is 2.92 bits per heavy atom. The molecule has 0 amide bonds. The molecule has 1 heterocycles. The van der Waals surface area contributed by atoms with E-state index in [1.54, 1.807) is 11.3 Å². The molecule has 1 aromatic rings. The smallest absolute Gasteiger partial charge is 0.0826 e. The highest BCUT2D eigenvalue weighted by Crippen LogP contribution is 2.39. The molecule has 0 saturated heterocycles. The van der Waals surface area contributed by atoms with Gasteiger partial charge in [0.25, 0.3) is 0 Å². The molecule has 0 spiro atoms. The van der Waals surface area contributed by atoms with Gasteiger partial charge in [-0.2, -0.15) is 11.3 Å². The summed E-state index contributed by atoms with van der Waals surface area (Å²) in [6, 6.07) is 2.04. The van der Waals surface area contributed by atoms with E-state index in [-0.39, 0.29) is 6.10 Å². The van der Waals surface area contributed by atoms with Crippen molar-refractivity contribution in [3.8, 4) is 0 Å². The molecule has 1 aliphatic carbocycles. The Bertz CT molecular complexity index is 255. The van der Waals surface area contributed by atoms with Gasteiger partial charge in [-0.1, -0.05) is 13.3 Å². The minimum Gasteiger partial charge on any atom is -0.388 e. The van der Waals surface area contributed by atoms with Gasteiger partial charge in [0.05, 0.1) is 6.10 Å². The molecule has 1 nitrogen and oxygen atoms in total. The van der Waals surface area contributed by atoms with Crippen molar-refractivity contribution < 1.29 is 5.11 Å². The quantitative estimate of drug-likeness (QED) is 0.770. The van der Waals surface area contributed by atoms with E-state index < -0.39 is 0 Å². The van der Waals surface area contributed by atoms with Crippen LogP contribution in [0.5, 0.6) is 0 Å². The molecule has 1 aromatic heterocycles. The minimum absolute atomic E-state index is 0.212. The van der Waals surface area contributed by atoms with Crippen LogP contribution in [-0.4, -0.2) is 5.11 Å². The van der Waals surface area contributed by atoms with Crippen molar-refractivity contribution >= 4 is 11.3 Å². The van der Waals surface area contributed by atoms with E-state index >= 15 is 0 Å². The topological polar surface area (TPSA) is 20.2 Å². The van der Waals surface area contributed by atoms with Gasteiger partial charge in [0.2, 0.25) is 0 Å². The average Bonchev–Trinajstić information content (AvgIpc) is 2.72. The van der Waals surface area contributed by atoms with E-state index in [0.29, 0.717) is 5.92 Å². The van der Waals surface area contributed by atoms with Crippen molar-refractivity contribution in [1.29, 1.82) is 0 Å². The van der Waals surface area contributed by atoms with E-state index in [1.165, 1.54) is 19.3 Å². The molecule has 3 unspecified atom stereocenters. The van der Waals surface area contributed by atoms with Crippen LogP contribution in [0.25, 0.3) is 0 Å². The van der Waals surface area contributed by atoms with Crippen LogP contribution in [-0.2, 0) is 0 Å². The molecule has 1 fully saturated rings. The van der Waals surface area contributed by atoms with Crippen LogP contribution in [0.2, 0.25) is 0 Å². The fourth-order valence-corrected chi connectivity index (χ4v) is 2.94. The second kappa shape index (κ2) is 3.81. The average molecular weight is 196 g/mol. The molecule has 1 aliphatic rings. The van der Waals surface area contributed by atoms with E-state index in [9.17, 15) is 5.11 Å². The lowest BCUT2D eigenvalue weighted by molar-refractivity contribution is 0.110. The second-order valence-corrected chi connectivity index (χ2v) is 4.96. The molecule has 1 N–H and O–H groups in total. The Kier molecular flexibility index (Phi) is 2.70. The maximum atomic E-state index is 10.0. The van der Waals surface area contributed by atoms with Crippen LogP contribution < -0.4 is 0 Å². The Morgan fingerprint density at radius 2 is 2.38 bits per heavy atom. The summed E-state index contributed by atoms with van der Waals surface area (Å²) in [6.07, 6.45) is 3.46. The third-order valence-electron chi connectivity index (χ3n) is 3.07. The molecular weight excluding hydrogens is 180 g/mol. The van der Waals surface area contributed by atoms with Crippen LogP contribution in [0.1, 0.15) is 37.9 Å². The first-order valence-electron chi connectivity index (χ1n) is 4.97. The van der Waals surface area contributed by atoms with Gasteiger partial charge >= 0.3 is 0 Å². The van der Waals surface area contributed by atoms with Gasteiger partial charge in [0, 0.05) is 0 Å². The first-order valence-corrected chi connectivity index (χ1v) is 5.92. The lowest BCUT2D eigenvalue weighted by atomic mass is 9.95. The van der Waals surface area contributed by atoms with Gasteiger partial charge in [-0.3, -0.25) is 0 Å². The highest BCUT2D eigenvalue weighted by atomic mass is 32.1. The van der Waals surface area contributed by atoms with E-state index in [4.69, 9.17) is 0 Å². The number of thiophene rings is 1. The standard InChI is InChI=1S/C11H16OS/c1-8-2-3-9(6-8)11(12)10-4-5-13-7-10/h4-5,7-9,11-12H,2-3,6H2,1H3. The largest absolute Gasteiger partial charge is 0.388 e. The summed E-state index contributed by atoms with van der Waals surface area (Å²) >= 11 is 1.67. The van der Waals surface area contributed by atoms with Crippen LogP contribution >= 0.6 is 11.3 Å². The first-order chi connectivity index (χ1) is 6.27. The summed E-state index contributed by atoms with van der Waals surface area (Å²) in [6.45, 7) is 2.28. The molecule has 72 valence electrons. The van der Waals surface area contributed by atoms with Gasteiger partial charge in [0.15, 0.2) is 0 Å². The maximum absolute atomic E-state index is 10.0. The lowest BCUT2D eigenvalue weighted by Gasteiger charge is -2.16. The van der Waals surface area contributed by atoms with Crippen molar-refractivity contribution in [3.05, 3.63) is 22.4 Å². The summed E-state index contributed by atoms with van der Waals surface area (Å²) in [5, 5.41) is 14.1. The SMILES string of the molecule is CC1CCC(C(O)c2ccsc2)C1. The summed E-state index contributed by atoms with van der Waals surface area (Å²) < 4.78 is 0. The molecule has 0 bridgehead atoms. The zero-order chi connectivity index (χ0) is 9.26. The summed E-state index contributed by atoms with van der Waals surface area (Å²) in [4.78, 5) is 0. The fraction of sp³-hybridized carbons (Fsp3) is 0.636. The summed E-state index contributed by atoms with van der Waals surface area (Å²) in [5.74, 6) is 1.31. The number of aliphatic hydroxyl groups is 1. The third kappa shape index (κ3) is 1.94. The number of rotatable bonds is 2. The highest BCUT2D eigenvalue weighted by Gasteiger charge is 2.28. The molecule has 0 aromatic carbocycles. The maximum Gasteiger partial charge on any atom is 0.0826 e. The predicted octanol–water partition coefficient (Wildman–Crippen LogP) is 3.22. The molecule has 0 radical (unpaired) electrons. The van der Waals surface area contributed by atoms with Crippen LogP contribution in [0, 0.1) is 11.8 Å². The van der Waals surface area contributed by atoms with Crippen molar-refractivity contribution in [3.63, 3.8) is 0 Å². The Balaban J connectivity index is 2.02. The van der Waals surface area contributed by atoms with Crippen LogP contribution in [0.4, 0.5) is 0 Å². The normalized spacial score (nSPS) is 30.6. The molecule has 2 heteroatoms. The molecule has 13 heavy (non-hydrogen) atoms. The number of hydrogen-bond donors (Lipinski definition) is 1. The van der Waals surface area contributed by atoms with Crippen molar-refractivity contribution in [2.75, 3.05) is 0 Å². The van der Waals surface area contributed by atoms with E-state index in [2.05, 4.69) is 12.3 Å². The molecule has 0 aliphatic heterocycles.